The maximum absolute atomic E-state index is 13.3. The zero-order valence-corrected chi connectivity index (χ0v) is 14.9. The number of benzene rings is 1. The molecule has 0 radical (unpaired) electrons. The molecule has 0 spiro atoms. The molecule has 0 unspecified atom stereocenters. The van der Waals surface area contributed by atoms with Crippen molar-refractivity contribution in [3.63, 3.8) is 0 Å². The van der Waals surface area contributed by atoms with Gasteiger partial charge in [0.25, 0.3) is 5.56 Å². The minimum absolute atomic E-state index is 0.0709. The van der Waals surface area contributed by atoms with Crippen LogP contribution < -0.4 is 5.56 Å². The van der Waals surface area contributed by atoms with Crippen LogP contribution in [-0.2, 0) is 24.7 Å². The van der Waals surface area contributed by atoms with Gasteiger partial charge in [0.1, 0.15) is 0 Å². The highest BCUT2D eigenvalue weighted by Crippen LogP contribution is 2.24. The number of aryl methyl sites for hydroxylation is 1. The number of carbonyl (C=O) groups is 1. The molecule has 0 saturated carbocycles. The molecule has 0 N–H and O–H groups in total. The van der Waals surface area contributed by atoms with Crippen molar-refractivity contribution in [2.45, 2.75) is 25.7 Å². The smallest absolute Gasteiger partial charge is 0.266 e. The first-order valence-corrected chi connectivity index (χ1v) is 8.78. The summed E-state index contributed by atoms with van der Waals surface area (Å²) in [6, 6.07) is 4.98. The average molecular weight is 379 g/mol. The van der Waals surface area contributed by atoms with E-state index in [9.17, 15) is 22.8 Å². The van der Waals surface area contributed by atoms with Crippen LogP contribution in [0.15, 0.2) is 29.1 Å². The van der Waals surface area contributed by atoms with E-state index in [-0.39, 0.29) is 23.8 Å². The Morgan fingerprint density at radius 2 is 1.78 bits per heavy atom. The zero-order chi connectivity index (χ0) is 19.6. The van der Waals surface area contributed by atoms with Gasteiger partial charge in [-0.1, -0.05) is 0 Å². The first kappa shape index (κ1) is 19.1. The standard InChI is InChI=1S/C19H20F3N3O2/c1-24-17(26)3-2-14(23-24)11-18(27)25-6-4-12(5-7-25)8-13-9-15(20)19(22)16(21)10-13/h2-3,9-10,12H,4-8,11H2,1H3. The Bertz CT molecular complexity index is 882. The van der Waals surface area contributed by atoms with Crippen molar-refractivity contribution in [3.8, 4) is 0 Å². The molecule has 1 aromatic carbocycles. The second-order valence-corrected chi connectivity index (χ2v) is 6.87. The number of hydrogen-bond acceptors (Lipinski definition) is 3. The predicted octanol–water partition coefficient (Wildman–Crippen LogP) is 2.22. The first-order chi connectivity index (χ1) is 12.8. The Morgan fingerprint density at radius 3 is 2.37 bits per heavy atom. The number of nitrogens with zero attached hydrogens (tertiary/aromatic N) is 3. The van der Waals surface area contributed by atoms with Crippen molar-refractivity contribution in [3.05, 3.63) is 63.3 Å². The third-order valence-electron chi connectivity index (χ3n) is 4.88. The molecule has 8 heteroatoms. The monoisotopic (exact) mass is 379 g/mol. The van der Waals surface area contributed by atoms with Gasteiger partial charge in [0, 0.05) is 26.2 Å². The molecule has 27 heavy (non-hydrogen) atoms. The molecule has 0 bridgehead atoms. The minimum Gasteiger partial charge on any atom is -0.342 e. The molecule has 0 aliphatic carbocycles. The van der Waals surface area contributed by atoms with Gasteiger partial charge in [0.05, 0.1) is 12.1 Å². The van der Waals surface area contributed by atoms with E-state index < -0.39 is 17.5 Å². The average Bonchev–Trinajstić information content (AvgIpc) is 2.63. The highest BCUT2D eigenvalue weighted by Gasteiger charge is 2.24. The number of aromatic nitrogens is 2. The van der Waals surface area contributed by atoms with Crippen LogP contribution in [0.25, 0.3) is 0 Å². The summed E-state index contributed by atoms with van der Waals surface area (Å²) in [6.07, 6.45) is 1.96. The largest absolute Gasteiger partial charge is 0.342 e. The lowest BCUT2D eigenvalue weighted by molar-refractivity contribution is -0.131. The molecule has 1 aliphatic heterocycles. The summed E-state index contributed by atoms with van der Waals surface area (Å²) in [6.45, 7) is 1.09. The van der Waals surface area contributed by atoms with Crippen LogP contribution >= 0.6 is 0 Å². The molecule has 144 valence electrons. The Labute approximate surface area is 154 Å². The highest BCUT2D eigenvalue weighted by atomic mass is 19.2. The maximum Gasteiger partial charge on any atom is 0.266 e. The normalized spacial score (nSPS) is 15.2. The molecule has 1 aliphatic rings. The third kappa shape index (κ3) is 4.56. The van der Waals surface area contributed by atoms with Gasteiger partial charge in [-0.25, -0.2) is 17.9 Å². The van der Waals surface area contributed by atoms with Gasteiger partial charge >= 0.3 is 0 Å². The van der Waals surface area contributed by atoms with Crippen molar-refractivity contribution in [1.82, 2.24) is 14.7 Å². The molecule has 1 fully saturated rings. The highest BCUT2D eigenvalue weighted by molar-refractivity contribution is 5.78. The van der Waals surface area contributed by atoms with E-state index in [1.54, 1.807) is 11.0 Å². The van der Waals surface area contributed by atoms with Gasteiger partial charge < -0.3 is 4.90 Å². The second kappa shape index (κ2) is 7.94. The summed E-state index contributed by atoms with van der Waals surface area (Å²) in [5.74, 6) is -3.71. The molecular formula is C19H20F3N3O2. The summed E-state index contributed by atoms with van der Waals surface area (Å²) < 4.78 is 40.9. The van der Waals surface area contributed by atoms with E-state index in [4.69, 9.17) is 0 Å². The number of rotatable bonds is 4. The number of amides is 1. The lowest BCUT2D eigenvalue weighted by Gasteiger charge is -2.32. The van der Waals surface area contributed by atoms with Crippen molar-refractivity contribution in [2.24, 2.45) is 13.0 Å². The van der Waals surface area contributed by atoms with Gasteiger partial charge in [0.15, 0.2) is 17.5 Å². The van der Waals surface area contributed by atoms with Crippen LogP contribution in [0.1, 0.15) is 24.1 Å². The molecule has 1 amide bonds. The molecule has 1 saturated heterocycles. The van der Waals surface area contributed by atoms with Crippen LogP contribution in [0.4, 0.5) is 13.2 Å². The number of halogens is 3. The first-order valence-electron chi connectivity index (χ1n) is 8.78. The van der Waals surface area contributed by atoms with Gasteiger partial charge in [-0.3, -0.25) is 9.59 Å². The Balaban J connectivity index is 1.54. The van der Waals surface area contributed by atoms with Crippen LogP contribution in [0, 0.1) is 23.4 Å². The van der Waals surface area contributed by atoms with Crippen LogP contribution in [0.5, 0.6) is 0 Å². The number of hydrogen-bond donors (Lipinski definition) is 0. The fraction of sp³-hybridized carbons (Fsp3) is 0.421. The third-order valence-corrected chi connectivity index (χ3v) is 4.88. The van der Waals surface area contributed by atoms with E-state index in [0.717, 1.165) is 12.1 Å². The zero-order valence-electron chi connectivity index (χ0n) is 14.9. The molecule has 0 atom stereocenters. The van der Waals surface area contributed by atoms with Gasteiger partial charge in [0.2, 0.25) is 5.91 Å². The Morgan fingerprint density at radius 1 is 1.15 bits per heavy atom. The molecule has 2 aromatic rings. The molecule has 2 heterocycles. The number of carbonyl (C=O) groups excluding carboxylic acids is 1. The summed E-state index contributed by atoms with van der Waals surface area (Å²) in [4.78, 5) is 25.5. The number of piperidine rings is 1. The summed E-state index contributed by atoms with van der Waals surface area (Å²) in [5, 5.41) is 4.06. The second-order valence-electron chi connectivity index (χ2n) is 6.87. The van der Waals surface area contributed by atoms with E-state index in [1.807, 2.05) is 0 Å². The van der Waals surface area contributed by atoms with Crippen molar-refractivity contribution in [2.75, 3.05) is 13.1 Å². The van der Waals surface area contributed by atoms with Crippen LogP contribution in [0.2, 0.25) is 0 Å². The fourth-order valence-electron chi connectivity index (χ4n) is 3.36. The van der Waals surface area contributed by atoms with E-state index in [2.05, 4.69) is 5.10 Å². The molecule has 3 rings (SSSR count). The van der Waals surface area contributed by atoms with Crippen molar-refractivity contribution < 1.29 is 18.0 Å². The molecule has 5 nitrogen and oxygen atoms in total. The van der Waals surface area contributed by atoms with Crippen molar-refractivity contribution >= 4 is 5.91 Å². The van der Waals surface area contributed by atoms with E-state index in [0.29, 0.717) is 43.6 Å². The summed E-state index contributed by atoms with van der Waals surface area (Å²) in [7, 11) is 1.53. The topological polar surface area (TPSA) is 55.2 Å². The summed E-state index contributed by atoms with van der Waals surface area (Å²) >= 11 is 0. The van der Waals surface area contributed by atoms with Crippen molar-refractivity contribution in [1.29, 1.82) is 0 Å². The predicted molar refractivity (Wildman–Crippen MR) is 92.5 cm³/mol. The van der Waals surface area contributed by atoms with Crippen LogP contribution in [-0.4, -0.2) is 33.7 Å². The maximum atomic E-state index is 13.3. The minimum atomic E-state index is -1.45. The van der Waals surface area contributed by atoms with E-state index in [1.165, 1.54) is 17.8 Å². The lowest BCUT2D eigenvalue weighted by Crippen LogP contribution is -2.40. The Kier molecular flexibility index (Phi) is 5.62. The van der Waals surface area contributed by atoms with E-state index >= 15 is 0 Å². The SMILES string of the molecule is Cn1nc(CC(=O)N2CCC(Cc3cc(F)c(F)c(F)c3)CC2)ccc1=O. The number of likely N-dealkylation sites (tertiary alicyclic amines) is 1. The van der Waals surface area contributed by atoms with Crippen LogP contribution in [0.3, 0.4) is 0 Å². The summed E-state index contributed by atoms with van der Waals surface area (Å²) in [5.41, 5.74) is 0.716. The molecular weight excluding hydrogens is 359 g/mol. The fourth-order valence-corrected chi connectivity index (χ4v) is 3.36. The molecule has 1 aromatic heterocycles. The quantitative estimate of drug-likeness (QED) is 0.766. The Hall–Kier alpha value is -2.64. The van der Waals surface area contributed by atoms with Gasteiger partial charge in [-0.15, -0.1) is 0 Å². The van der Waals surface area contributed by atoms with Gasteiger partial charge in [-0.2, -0.15) is 5.10 Å². The van der Waals surface area contributed by atoms with Gasteiger partial charge in [-0.05, 0) is 48.9 Å². The lowest BCUT2D eigenvalue weighted by atomic mass is 9.90.